The van der Waals surface area contributed by atoms with Crippen LogP contribution >= 0.6 is 0 Å². The van der Waals surface area contributed by atoms with E-state index in [-0.39, 0.29) is 16.6 Å². The van der Waals surface area contributed by atoms with Gasteiger partial charge in [0.2, 0.25) is 0 Å². The summed E-state index contributed by atoms with van der Waals surface area (Å²) >= 11 is 0. The predicted octanol–water partition coefficient (Wildman–Crippen LogP) is 5.71. The maximum absolute atomic E-state index is 13.2. The number of halogens is 1. The van der Waals surface area contributed by atoms with Crippen molar-refractivity contribution in [2.75, 3.05) is 0 Å². The first-order valence-corrected chi connectivity index (χ1v) is 10.5. The standard InChI is InChI=1S/C26H29FN2O/c1-25(2,20-7-5-4-6-8-20)16-23(30)17-26(3)14-13-24-19(15-26)18-28-29(24)22-11-9-21(27)10-12-22/h4-14,18,23,30H,15-17H2,1-3H3/t23-,26?/m0/s1. The summed E-state index contributed by atoms with van der Waals surface area (Å²) in [5.74, 6) is -0.254. The number of aliphatic hydroxyl groups is 1. The number of hydrogen-bond donors (Lipinski definition) is 1. The molecule has 1 aromatic heterocycles. The van der Waals surface area contributed by atoms with E-state index in [1.54, 1.807) is 12.1 Å². The molecule has 0 fully saturated rings. The Morgan fingerprint density at radius 2 is 1.83 bits per heavy atom. The fourth-order valence-electron chi connectivity index (χ4n) is 4.61. The summed E-state index contributed by atoms with van der Waals surface area (Å²) in [6.07, 6.45) is 8.00. The molecular formula is C26H29FN2O. The number of rotatable bonds is 6. The van der Waals surface area contributed by atoms with Crippen molar-refractivity contribution in [1.29, 1.82) is 0 Å². The summed E-state index contributed by atoms with van der Waals surface area (Å²) in [6, 6.07) is 16.8. The molecule has 0 saturated heterocycles. The molecule has 0 bridgehead atoms. The Morgan fingerprint density at radius 1 is 1.13 bits per heavy atom. The van der Waals surface area contributed by atoms with Crippen molar-refractivity contribution in [2.24, 2.45) is 5.41 Å². The Labute approximate surface area is 177 Å². The molecule has 0 spiro atoms. The van der Waals surface area contributed by atoms with Crippen LogP contribution in [0.5, 0.6) is 0 Å². The second-order valence-corrected chi connectivity index (χ2v) is 9.42. The van der Waals surface area contributed by atoms with E-state index < -0.39 is 6.10 Å². The van der Waals surface area contributed by atoms with Crippen molar-refractivity contribution in [2.45, 2.75) is 51.6 Å². The lowest BCUT2D eigenvalue weighted by atomic mass is 9.72. The van der Waals surface area contributed by atoms with Gasteiger partial charge in [-0.2, -0.15) is 5.10 Å². The molecule has 156 valence electrons. The highest BCUT2D eigenvalue weighted by molar-refractivity contribution is 5.57. The number of aliphatic hydroxyl groups excluding tert-OH is 1. The number of aromatic nitrogens is 2. The van der Waals surface area contributed by atoms with E-state index in [1.165, 1.54) is 17.7 Å². The molecule has 1 N–H and O–H groups in total. The zero-order chi connectivity index (χ0) is 21.4. The van der Waals surface area contributed by atoms with Crippen LogP contribution in [0.15, 0.2) is 66.9 Å². The van der Waals surface area contributed by atoms with Gasteiger partial charge in [0, 0.05) is 0 Å². The van der Waals surface area contributed by atoms with Crippen molar-refractivity contribution in [3.63, 3.8) is 0 Å². The molecule has 0 amide bonds. The Bertz CT molecular complexity index is 1040. The van der Waals surface area contributed by atoms with Gasteiger partial charge in [0.1, 0.15) is 5.82 Å². The minimum absolute atomic E-state index is 0.0892. The van der Waals surface area contributed by atoms with Crippen LogP contribution in [0, 0.1) is 11.2 Å². The van der Waals surface area contributed by atoms with Crippen LogP contribution < -0.4 is 0 Å². The maximum atomic E-state index is 13.2. The second-order valence-electron chi connectivity index (χ2n) is 9.42. The van der Waals surface area contributed by atoms with Gasteiger partial charge >= 0.3 is 0 Å². The first-order valence-electron chi connectivity index (χ1n) is 10.5. The predicted molar refractivity (Wildman–Crippen MR) is 119 cm³/mol. The van der Waals surface area contributed by atoms with Gasteiger partial charge in [-0.1, -0.05) is 57.2 Å². The summed E-state index contributed by atoms with van der Waals surface area (Å²) in [4.78, 5) is 0. The number of nitrogens with zero attached hydrogens (tertiary/aromatic N) is 2. The van der Waals surface area contributed by atoms with Gasteiger partial charge in [-0.25, -0.2) is 9.07 Å². The summed E-state index contributed by atoms with van der Waals surface area (Å²) in [5.41, 5.74) is 4.05. The molecule has 3 aromatic rings. The SMILES string of the molecule is CC1(C[C@@H](O)CC(C)(C)c2ccccc2)C=Cc2c(cnn2-c2ccc(F)cc2)C1. The highest BCUT2D eigenvalue weighted by Crippen LogP contribution is 2.39. The molecule has 4 rings (SSSR count). The minimum atomic E-state index is -0.399. The molecule has 2 atom stereocenters. The van der Waals surface area contributed by atoms with E-state index in [0.29, 0.717) is 12.8 Å². The highest BCUT2D eigenvalue weighted by atomic mass is 19.1. The average Bonchev–Trinajstić information content (AvgIpc) is 3.11. The number of fused-ring (bicyclic) bond motifs is 1. The number of benzene rings is 2. The summed E-state index contributed by atoms with van der Waals surface area (Å²) in [5, 5.41) is 15.5. The van der Waals surface area contributed by atoms with Crippen LogP contribution in [-0.2, 0) is 11.8 Å². The van der Waals surface area contributed by atoms with Crippen LogP contribution in [0.3, 0.4) is 0 Å². The third kappa shape index (κ3) is 4.24. The highest BCUT2D eigenvalue weighted by Gasteiger charge is 2.33. The lowest BCUT2D eigenvalue weighted by Gasteiger charge is -2.34. The van der Waals surface area contributed by atoms with Crippen LogP contribution in [0.4, 0.5) is 4.39 Å². The zero-order valence-corrected chi connectivity index (χ0v) is 17.8. The lowest BCUT2D eigenvalue weighted by molar-refractivity contribution is 0.0962. The summed E-state index contributed by atoms with van der Waals surface area (Å²) in [7, 11) is 0. The van der Waals surface area contributed by atoms with Crippen molar-refractivity contribution in [3.8, 4) is 5.69 Å². The monoisotopic (exact) mass is 404 g/mol. The molecule has 2 aromatic carbocycles. The first kappa shape index (κ1) is 20.5. The quantitative estimate of drug-likeness (QED) is 0.572. The van der Waals surface area contributed by atoms with E-state index in [1.807, 2.05) is 16.9 Å². The summed E-state index contributed by atoms with van der Waals surface area (Å²) in [6.45, 7) is 6.57. The molecule has 0 radical (unpaired) electrons. The van der Waals surface area contributed by atoms with Gasteiger partial charge in [-0.05, 0) is 71.6 Å². The number of hydrogen-bond acceptors (Lipinski definition) is 2. The van der Waals surface area contributed by atoms with E-state index in [4.69, 9.17) is 0 Å². The van der Waals surface area contributed by atoms with Crippen LogP contribution in [0.25, 0.3) is 11.8 Å². The van der Waals surface area contributed by atoms with Crippen LogP contribution in [0.1, 0.15) is 50.4 Å². The molecule has 30 heavy (non-hydrogen) atoms. The van der Waals surface area contributed by atoms with Crippen molar-refractivity contribution >= 4 is 6.08 Å². The molecule has 1 heterocycles. The van der Waals surface area contributed by atoms with Crippen molar-refractivity contribution < 1.29 is 9.50 Å². The Kier molecular flexibility index (Phi) is 5.37. The molecule has 4 heteroatoms. The van der Waals surface area contributed by atoms with Gasteiger partial charge in [0.05, 0.1) is 23.7 Å². The molecule has 1 unspecified atom stereocenters. The molecule has 3 nitrogen and oxygen atoms in total. The molecular weight excluding hydrogens is 375 g/mol. The number of allylic oxidation sites excluding steroid dienone is 1. The van der Waals surface area contributed by atoms with Crippen LogP contribution in [0.2, 0.25) is 0 Å². The van der Waals surface area contributed by atoms with Crippen molar-refractivity contribution in [1.82, 2.24) is 9.78 Å². The van der Waals surface area contributed by atoms with E-state index >= 15 is 0 Å². The Balaban J connectivity index is 1.47. The average molecular weight is 405 g/mol. The Morgan fingerprint density at radius 3 is 2.53 bits per heavy atom. The minimum Gasteiger partial charge on any atom is -0.393 e. The van der Waals surface area contributed by atoms with E-state index in [9.17, 15) is 9.50 Å². The van der Waals surface area contributed by atoms with Crippen LogP contribution in [-0.4, -0.2) is 21.0 Å². The molecule has 0 aliphatic heterocycles. The lowest BCUT2D eigenvalue weighted by Crippen LogP contribution is -2.31. The molecule has 1 aliphatic rings. The molecule has 0 saturated carbocycles. The first-order chi connectivity index (χ1) is 14.3. The zero-order valence-electron chi connectivity index (χ0n) is 17.8. The smallest absolute Gasteiger partial charge is 0.123 e. The largest absolute Gasteiger partial charge is 0.393 e. The normalized spacial score (nSPS) is 19.5. The summed E-state index contributed by atoms with van der Waals surface area (Å²) < 4.78 is 15.1. The maximum Gasteiger partial charge on any atom is 0.123 e. The fourth-order valence-corrected chi connectivity index (χ4v) is 4.61. The van der Waals surface area contributed by atoms with E-state index in [2.05, 4.69) is 62.3 Å². The van der Waals surface area contributed by atoms with E-state index in [0.717, 1.165) is 23.4 Å². The third-order valence-electron chi connectivity index (χ3n) is 6.20. The van der Waals surface area contributed by atoms with Gasteiger partial charge in [-0.15, -0.1) is 0 Å². The second kappa shape index (κ2) is 7.84. The van der Waals surface area contributed by atoms with Crippen molar-refractivity contribution in [3.05, 3.63) is 89.5 Å². The third-order valence-corrected chi connectivity index (χ3v) is 6.20. The fraction of sp³-hybridized carbons (Fsp3) is 0.346. The van der Waals surface area contributed by atoms with Gasteiger partial charge in [-0.3, -0.25) is 0 Å². The Hall–Kier alpha value is -2.72. The van der Waals surface area contributed by atoms with Gasteiger partial charge in [0.15, 0.2) is 0 Å². The topological polar surface area (TPSA) is 38.1 Å². The van der Waals surface area contributed by atoms with Gasteiger partial charge < -0.3 is 5.11 Å². The molecule has 1 aliphatic carbocycles. The van der Waals surface area contributed by atoms with Gasteiger partial charge in [0.25, 0.3) is 0 Å².